The molecule has 7 nitrogen and oxygen atoms in total. The first-order valence-corrected chi connectivity index (χ1v) is 7.60. The normalized spacial score (nSPS) is 27.8. The highest BCUT2D eigenvalue weighted by molar-refractivity contribution is 5.83. The van der Waals surface area contributed by atoms with Gasteiger partial charge in [0, 0.05) is 24.9 Å². The first-order chi connectivity index (χ1) is 10.7. The fraction of sp³-hybridized carbons (Fsp3) is 0.533. The SMILES string of the molecule is O=C([C@@H]1C[C@H]1c1ccco1)N1CCCC(c2n[nH]c(=O)o2)C1. The number of piperidine rings is 1. The summed E-state index contributed by atoms with van der Waals surface area (Å²) in [5, 5.41) is 6.17. The van der Waals surface area contributed by atoms with Crippen molar-refractivity contribution >= 4 is 5.91 Å². The Bertz CT molecular complexity index is 717. The predicted molar refractivity (Wildman–Crippen MR) is 75.2 cm³/mol. The molecule has 0 spiro atoms. The van der Waals surface area contributed by atoms with Gasteiger partial charge in [0.1, 0.15) is 5.76 Å². The molecule has 1 N–H and O–H groups in total. The highest BCUT2D eigenvalue weighted by Gasteiger charge is 2.48. The van der Waals surface area contributed by atoms with E-state index in [1.165, 1.54) is 0 Å². The second-order valence-electron chi connectivity index (χ2n) is 6.04. The van der Waals surface area contributed by atoms with Crippen LogP contribution in [0.3, 0.4) is 0 Å². The summed E-state index contributed by atoms with van der Waals surface area (Å²) in [6.45, 7) is 1.32. The Labute approximate surface area is 126 Å². The number of likely N-dealkylation sites (tertiary alicyclic amines) is 1. The fourth-order valence-electron chi connectivity index (χ4n) is 3.31. The monoisotopic (exact) mass is 303 g/mol. The molecule has 2 aromatic rings. The average molecular weight is 303 g/mol. The Kier molecular flexibility index (Phi) is 3.13. The van der Waals surface area contributed by atoms with E-state index in [4.69, 9.17) is 8.83 Å². The molecule has 3 atom stereocenters. The highest BCUT2D eigenvalue weighted by Crippen LogP contribution is 2.49. The maximum Gasteiger partial charge on any atom is 0.434 e. The van der Waals surface area contributed by atoms with E-state index in [0.717, 1.165) is 31.6 Å². The Morgan fingerprint density at radius 1 is 1.45 bits per heavy atom. The van der Waals surface area contributed by atoms with E-state index < -0.39 is 5.76 Å². The number of aromatic amines is 1. The van der Waals surface area contributed by atoms with E-state index in [2.05, 4.69) is 10.2 Å². The number of hydrogen-bond acceptors (Lipinski definition) is 5. The van der Waals surface area contributed by atoms with Crippen LogP contribution in [0.15, 0.2) is 32.0 Å². The molecule has 22 heavy (non-hydrogen) atoms. The van der Waals surface area contributed by atoms with Crippen LogP contribution < -0.4 is 5.76 Å². The lowest BCUT2D eigenvalue weighted by Gasteiger charge is -2.31. The van der Waals surface area contributed by atoms with Gasteiger partial charge in [0.05, 0.1) is 12.2 Å². The van der Waals surface area contributed by atoms with Crippen LogP contribution in [-0.2, 0) is 4.79 Å². The summed E-state index contributed by atoms with van der Waals surface area (Å²) in [6.07, 6.45) is 4.27. The van der Waals surface area contributed by atoms with Gasteiger partial charge in [-0.1, -0.05) is 0 Å². The molecule has 1 saturated heterocycles. The van der Waals surface area contributed by atoms with Crippen LogP contribution in [0.2, 0.25) is 0 Å². The molecule has 2 aromatic heterocycles. The van der Waals surface area contributed by atoms with Gasteiger partial charge < -0.3 is 13.7 Å². The maximum absolute atomic E-state index is 12.6. The molecule has 7 heteroatoms. The number of carbonyl (C=O) groups is 1. The molecule has 2 fully saturated rings. The van der Waals surface area contributed by atoms with Crippen LogP contribution in [0.4, 0.5) is 0 Å². The highest BCUT2D eigenvalue weighted by atomic mass is 16.4. The first kappa shape index (κ1) is 13.4. The molecule has 1 aliphatic heterocycles. The van der Waals surface area contributed by atoms with Gasteiger partial charge in [0.15, 0.2) is 0 Å². The molecule has 0 radical (unpaired) electrons. The molecule has 0 bridgehead atoms. The first-order valence-electron chi connectivity index (χ1n) is 7.60. The lowest BCUT2D eigenvalue weighted by molar-refractivity contribution is -0.134. The van der Waals surface area contributed by atoms with Crippen LogP contribution in [0.1, 0.15) is 42.7 Å². The topological polar surface area (TPSA) is 92.3 Å². The number of carbonyl (C=O) groups excluding carboxylic acids is 1. The van der Waals surface area contributed by atoms with Gasteiger partial charge in [-0.2, -0.15) is 0 Å². The summed E-state index contributed by atoms with van der Waals surface area (Å²) in [5.74, 6) is 1.16. The molecule has 1 saturated carbocycles. The van der Waals surface area contributed by atoms with Gasteiger partial charge >= 0.3 is 5.76 Å². The van der Waals surface area contributed by atoms with Crippen LogP contribution in [0.5, 0.6) is 0 Å². The van der Waals surface area contributed by atoms with Crippen LogP contribution in [0, 0.1) is 5.92 Å². The van der Waals surface area contributed by atoms with Gasteiger partial charge in [-0.05, 0) is 31.4 Å². The van der Waals surface area contributed by atoms with E-state index in [0.29, 0.717) is 12.4 Å². The van der Waals surface area contributed by atoms with Crippen molar-refractivity contribution in [3.8, 4) is 0 Å². The number of rotatable bonds is 3. The molecule has 1 aliphatic carbocycles. The number of furan rings is 1. The van der Waals surface area contributed by atoms with Crippen LogP contribution in [-0.4, -0.2) is 34.1 Å². The number of H-pyrrole nitrogens is 1. The zero-order chi connectivity index (χ0) is 15.1. The third-order valence-corrected chi connectivity index (χ3v) is 4.55. The summed E-state index contributed by atoms with van der Waals surface area (Å²) in [5.41, 5.74) is 0. The van der Waals surface area contributed by atoms with E-state index in [-0.39, 0.29) is 23.7 Å². The fourth-order valence-corrected chi connectivity index (χ4v) is 3.31. The second kappa shape index (κ2) is 5.15. The van der Waals surface area contributed by atoms with Crippen molar-refractivity contribution in [2.24, 2.45) is 5.92 Å². The zero-order valence-corrected chi connectivity index (χ0v) is 12.0. The Balaban J connectivity index is 1.42. The number of hydrogen-bond donors (Lipinski definition) is 1. The van der Waals surface area contributed by atoms with Gasteiger partial charge in [0.25, 0.3) is 0 Å². The van der Waals surface area contributed by atoms with E-state index in [1.54, 1.807) is 6.26 Å². The van der Waals surface area contributed by atoms with Crippen molar-refractivity contribution in [2.75, 3.05) is 13.1 Å². The molecular weight excluding hydrogens is 286 g/mol. The Morgan fingerprint density at radius 3 is 3.09 bits per heavy atom. The van der Waals surface area contributed by atoms with E-state index >= 15 is 0 Å². The molecule has 1 amide bonds. The molecule has 3 heterocycles. The van der Waals surface area contributed by atoms with E-state index in [9.17, 15) is 9.59 Å². The van der Waals surface area contributed by atoms with Gasteiger partial charge in [-0.3, -0.25) is 4.79 Å². The van der Waals surface area contributed by atoms with E-state index in [1.807, 2.05) is 17.0 Å². The number of nitrogens with one attached hydrogen (secondary N) is 1. The maximum atomic E-state index is 12.6. The summed E-state index contributed by atoms with van der Waals surface area (Å²) in [4.78, 5) is 25.5. The lowest BCUT2D eigenvalue weighted by atomic mass is 9.97. The largest absolute Gasteiger partial charge is 0.469 e. The van der Waals surface area contributed by atoms with Crippen molar-refractivity contribution in [1.29, 1.82) is 0 Å². The Morgan fingerprint density at radius 2 is 2.36 bits per heavy atom. The molecule has 116 valence electrons. The quantitative estimate of drug-likeness (QED) is 0.926. The Hall–Kier alpha value is -2.31. The summed E-state index contributed by atoms with van der Waals surface area (Å²) >= 11 is 0. The molecule has 2 aliphatic rings. The molecule has 4 rings (SSSR count). The summed E-state index contributed by atoms with van der Waals surface area (Å²) < 4.78 is 10.4. The number of nitrogens with zero attached hydrogens (tertiary/aromatic N) is 2. The molecule has 1 unspecified atom stereocenters. The second-order valence-corrected chi connectivity index (χ2v) is 6.04. The zero-order valence-electron chi connectivity index (χ0n) is 12.0. The standard InChI is InChI=1S/C15H17N3O4/c19-14(11-7-10(11)12-4-2-6-21-12)18-5-1-3-9(8-18)13-16-17-15(20)22-13/h2,4,6,9-11H,1,3,5,7-8H2,(H,17,20)/t9?,10-,11-/m1/s1. The van der Waals surface area contributed by atoms with Crippen molar-refractivity contribution in [2.45, 2.75) is 31.1 Å². The summed E-state index contributed by atoms with van der Waals surface area (Å²) in [7, 11) is 0. The molecule has 0 aromatic carbocycles. The minimum Gasteiger partial charge on any atom is -0.469 e. The minimum absolute atomic E-state index is 0.00235. The molecular formula is C15H17N3O4. The van der Waals surface area contributed by atoms with Crippen molar-refractivity contribution < 1.29 is 13.6 Å². The third kappa shape index (κ3) is 2.36. The average Bonchev–Trinajstić information content (AvgIpc) is 2.95. The smallest absolute Gasteiger partial charge is 0.434 e. The number of aromatic nitrogens is 2. The van der Waals surface area contributed by atoms with Crippen LogP contribution in [0.25, 0.3) is 0 Å². The summed E-state index contributed by atoms with van der Waals surface area (Å²) in [6, 6.07) is 3.78. The predicted octanol–water partition coefficient (Wildman–Crippen LogP) is 1.47. The third-order valence-electron chi connectivity index (χ3n) is 4.55. The van der Waals surface area contributed by atoms with Crippen molar-refractivity contribution in [1.82, 2.24) is 15.1 Å². The van der Waals surface area contributed by atoms with Gasteiger partial charge in [-0.25, -0.2) is 9.89 Å². The number of amides is 1. The van der Waals surface area contributed by atoms with Gasteiger partial charge in [-0.15, -0.1) is 5.10 Å². The minimum atomic E-state index is -0.543. The van der Waals surface area contributed by atoms with Crippen molar-refractivity contribution in [3.63, 3.8) is 0 Å². The van der Waals surface area contributed by atoms with Crippen molar-refractivity contribution in [3.05, 3.63) is 40.6 Å². The van der Waals surface area contributed by atoms with Crippen LogP contribution >= 0.6 is 0 Å². The van der Waals surface area contributed by atoms with Gasteiger partial charge in [0.2, 0.25) is 11.8 Å². The lowest BCUT2D eigenvalue weighted by Crippen LogP contribution is -2.40.